The normalized spacial score (nSPS) is 11.1. The van der Waals surface area contributed by atoms with E-state index in [1.54, 1.807) is 54.9 Å². The van der Waals surface area contributed by atoms with Crippen LogP contribution in [0.2, 0.25) is 0 Å². The molecule has 0 aliphatic heterocycles. The Morgan fingerprint density at radius 3 is 1.74 bits per heavy atom. The minimum absolute atomic E-state index is 0.0254. The van der Waals surface area contributed by atoms with Gasteiger partial charge in [-0.25, -0.2) is 27.5 Å². The van der Waals surface area contributed by atoms with Gasteiger partial charge in [0.15, 0.2) is 29.1 Å². The Morgan fingerprint density at radius 1 is 0.571 bits per heavy atom. The van der Waals surface area contributed by atoms with Crippen LogP contribution in [-0.2, 0) is 25.7 Å². The lowest BCUT2D eigenvalue weighted by Crippen LogP contribution is -2.01. The lowest BCUT2D eigenvalue weighted by atomic mass is 9.97. The molecule has 0 N–H and O–H groups in total. The molecule has 180 valence electrons. The average Bonchev–Trinajstić information content (AvgIpc) is 2.88. The topological polar surface area (TPSA) is 25.8 Å². The van der Waals surface area contributed by atoms with Gasteiger partial charge in [-0.3, -0.25) is 0 Å². The van der Waals surface area contributed by atoms with Gasteiger partial charge >= 0.3 is 0 Å². The van der Waals surface area contributed by atoms with Gasteiger partial charge in [-0.15, -0.1) is 0 Å². The predicted molar refractivity (Wildman–Crippen MR) is 130 cm³/mol. The SMILES string of the molecule is CCCc1ccc(-c2ccc(CCc3ccc(-c4ncc(CC)cn4)c(F)c3F)cc2)c(F)c1F. The molecule has 0 aliphatic carbocycles. The summed E-state index contributed by atoms with van der Waals surface area (Å²) in [4.78, 5) is 8.27. The first-order valence-electron chi connectivity index (χ1n) is 11.8. The molecule has 4 rings (SSSR count). The second-order valence-electron chi connectivity index (χ2n) is 8.52. The largest absolute Gasteiger partial charge is 0.236 e. The van der Waals surface area contributed by atoms with E-state index in [9.17, 15) is 17.6 Å². The minimum atomic E-state index is -0.967. The minimum Gasteiger partial charge on any atom is -0.236 e. The highest BCUT2D eigenvalue weighted by molar-refractivity contribution is 5.65. The smallest absolute Gasteiger partial charge is 0.170 e. The van der Waals surface area contributed by atoms with Crippen molar-refractivity contribution in [3.05, 3.63) is 106 Å². The number of hydrogen-bond acceptors (Lipinski definition) is 2. The summed E-state index contributed by atoms with van der Waals surface area (Å²) in [6, 6.07) is 13.3. The molecule has 0 atom stereocenters. The van der Waals surface area contributed by atoms with Crippen LogP contribution >= 0.6 is 0 Å². The van der Waals surface area contributed by atoms with Crippen LogP contribution in [-0.4, -0.2) is 9.97 Å². The van der Waals surface area contributed by atoms with Crippen LogP contribution in [0.4, 0.5) is 17.6 Å². The number of aryl methyl sites for hydroxylation is 4. The van der Waals surface area contributed by atoms with Crippen molar-refractivity contribution in [2.45, 2.75) is 46.0 Å². The van der Waals surface area contributed by atoms with Crippen molar-refractivity contribution < 1.29 is 17.6 Å². The molecule has 1 aromatic heterocycles. The Bertz CT molecular complexity index is 1320. The Labute approximate surface area is 202 Å². The fourth-order valence-corrected chi connectivity index (χ4v) is 4.04. The number of aromatic nitrogens is 2. The van der Waals surface area contributed by atoms with Crippen molar-refractivity contribution in [2.24, 2.45) is 0 Å². The quantitative estimate of drug-likeness (QED) is 0.243. The lowest BCUT2D eigenvalue weighted by Gasteiger charge is -2.10. The molecular formula is C29H26F4N2. The lowest BCUT2D eigenvalue weighted by molar-refractivity contribution is 0.500. The summed E-state index contributed by atoms with van der Waals surface area (Å²) in [6.45, 7) is 3.88. The fourth-order valence-electron chi connectivity index (χ4n) is 4.04. The van der Waals surface area contributed by atoms with E-state index in [-0.39, 0.29) is 28.9 Å². The summed E-state index contributed by atoms with van der Waals surface area (Å²) >= 11 is 0. The van der Waals surface area contributed by atoms with Gasteiger partial charge in [0.05, 0.1) is 5.56 Å². The number of rotatable bonds is 8. The Morgan fingerprint density at radius 2 is 1.14 bits per heavy atom. The zero-order valence-electron chi connectivity index (χ0n) is 19.7. The van der Waals surface area contributed by atoms with Crippen LogP contribution in [0, 0.1) is 23.3 Å². The molecule has 0 spiro atoms. The predicted octanol–water partition coefficient (Wildman–Crippen LogP) is 7.67. The van der Waals surface area contributed by atoms with Gasteiger partial charge in [-0.2, -0.15) is 0 Å². The standard InChI is InChI=1S/C29H26F4N2/c1-3-5-21-12-14-23(27(32)25(21)30)20-9-6-19(7-10-20)8-11-22-13-15-24(28(33)26(22)31)29-34-16-18(4-2)17-35-29/h6-7,9-10,12-17H,3-5,8,11H2,1-2H3. The second-order valence-corrected chi connectivity index (χ2v) is 8.52. The van der Waals surface area contributed by atoms with Crippen LogP contribution in [0.25, 0.3) is 22.5 Å². The summed E-state index contributed by atoms with van der Waals surface area (Å²) < 4.78 is 58.3. The molecule has 0 unspecified atom stereocenters. The average molecular weight is 479 g/mol. The van der Waals surface area contributed by atoms with Gasteiger partial charge in [-0.1, -0.05) is 62.7 Å². The highest BCUT2D eigenvalue weighted by Crippen LogP contribution is 2.28. The van der Waals surface area contributed by atoms with Crippen molar-refractivity contribution in [3.8, 4) is 22.5 Å². The fraction of sp³-hybridized carbons (Fsp3) is 0.241. The molecule has 6 heteroatoms. The number of benzene rings is 3. The van der Waals surface area contributed by atoms with Crippen LogP contribution in [0.1, 0.15) is 42.5 Å². The van der Waals surface area contributed by atoms with Crippen molar-refractivity contribution in [2.75, 3.05) is 0 Å². The Hall–Kier alpha value is -3.54. The van der Waals surface area contributed by atoms with E-state index in [1.165, 1.54) is 6.07 Å². The molecule has 1 heterocycles. The number of halogens is 4. The maximum atomic E-state index is 14.7. The molecule has 0 fully saturated rings. The summed E-state index contributed by atoms with van der Waals surface area (Å²) in [6.07, 6.45) is 5.94. The summed E-state index contributed by atoms with van der Waals surface area (Å²) in [5.41, 5.74) is 3.20. The van der Waals surface area contributed by atoms with Crippen molar-refractivity contribution >= 4 is 0 Å². The summed E-state index contributed by atoms with van der Waals surface area (Å²) in [5, 5.41) is 0. The molecular weight excluding hydrogens is 452 g/mol. The van der Waals surface area contributed by atoms with Crippen molar-refractivity contribution in [1.82, 2.24) is 9.97 Å². The summed E-state index contributed by atoms with van der Waals surface area (Å²) in [7, 11) is 0. The van der Waals surface area contributed by atoms with E-state index >= 15 is 0 Å². The molecule has 0 saturated heterocycles. The third-order valence-corrected chi connectivity index (χ3v) is 6.15. The number of hydrogen-bond donors (Lipinski definition) is 0. The molecule has 2 nitrogen and oxygen atoms in total. The first-order chi connectivity index (χ1) is 16.9. The first-order valence-corrected chi connectivity index (χ1v) is 11.8. The van der Waals surface area contributed by atoms with Gasteiger partial charge in [0.1, 0.15) is 0 Å². The Kier molecular flexibility index (Phi) is 7.59. The molecule has 0 aliphatic rings. The molecule has 0 amide bonds. The van der Waals surface area contributed by atoms with Gasteiger partial charge in [-0.05, 0) is 59.6 Å². The van der Waals surface area contributed by atoms with E-state index in [1.807, 2.05) is 13.8 Å². The van der Waals surface area contributed by atoms with Gasteiger partial charge in [0.25, 0.3) is 0 Å². The zero-order chi connectivity index (χ0) is 24.9. The Balaban J connectivity index is 1.47. The van der Waals surface area contributed by atoms with Crippen LogP contribution in [0.5, 0.6) is 0 Å². The maximum Gasteiger partial charge on any atom is 0.170 e. The third-order valence-electron chi connectivity index (χ3n) is 6.15. The third kappa shape index (κ3) is 5.26. The van der Waals surface area contributed by atoms with Crippen LogP contribution in [0.15, 0.2) is 60.9 Å². The molecule has 35 heavy (non-hydrogen) atoms. The van der Waals surface area contributed by atoms with Gasteiger partial charge < -0.3 is 0 Å². The van der Waals surface area contributed by atoms with Crippen molar-refractivity contribution in [3.63, 3.8) is 0 Å². The molecule has 0 bridgehead atoms. The van der Waals surface area contributed by atoms with E-state index < -0.39 is 23.3 Å². The molecule has 3 aromatic carbocycles. The van der Waals surface area contributed by atoms with E-state index in [0.29, 0.717) is 24.0 Å². The highest BCUT2D eigenvalue weighted by Gasteiger charge is 2.17. The first kappa shape index (κ1) is 24.6. The molecule has 0 radical (unpaired) electrons. The molecule has 4 aromatic rings. The number of nitrogens with zero attached hydrogens (tertiary/aromatic N) is 2. The highest BCUT2D eigenvalue weighted by atomic mass is 19.2. The van der Waals surface area contributed by atoms with Gasteiger partial charge in [0.2, 0.25) is 0 Å². The molecule has 0 saturated carbocycles. The van der Waals surface area contributed by atoms with E-state index in [4.69, 9.17) is 0 Å². The monoisotopic (exact) mass is 478 g/mol. The van der Waals surface area contributed by atoms with Crippen LogP contribution < -0.4 is 0 Å². The van der Waals surface area contributed by atoms with Crippen molar-refractivity contribution in [1.29, 1.82) is 0 Å². The van der Waals surface area contributed by atoms with Crippen LogP contribution in [0.3, 0.4) is 0 Å². The van der Waals surface area contributed by atoms with E-state index in [2.05, 4.69) is 9.97 Å². The summed E-state index contributed by atoms with van der Waals surface area (Å²) in [5.74, 6) is -3.39. The maximum absolute atomic E-state index is 14.7. The second kappa shape index (κ2) is 10.8. The van der Waals surface area contributed by atoms with E-state index in [0.717, 1.165) is 24.0 Å². The van der Waals surface area contributed by atoms with Gasteiger partial charge in [0, 0.05) is 18.0 Å². The zero-order valence-corrected chi connectivity index (χ0v) is 19.7.